The van der Waals surface area contributed by atoms with Crippen LogP contribution in [0.25, 0.3) is 10.8 Å². The zero-order valence-electron chi connectivity index (χ0n) is 12.1. The predicted molar refractivity (Wildman–Crippen MR) is 77.7 cm³/mol. The Balaban J connectivity index is 2.61. The molecular formula is C16H18O4. The molecule has 0 radical (unpaired) electrons. The average molecular weight is 274 g/mol. The van der Waals surface area contributed by atoms with Crippen LogP contribution < -0.4 is 9.47 Å². The number of hydrogen-bond acceptors (Lipinski definition) is 4. The number of esters is 1. The highest BCUT2D eigenvalue weighted by Gasteiger charge is 2.12. The number of aryl methyl sites for hydroxylation is 1. The topological polar surface area (TPSA) is 44.8 Å². The fraction of sp³-hybridized carbons (Fsp3) is 0.312. The van der Waals surface area contributed by atoms with Crippen LogP contribution in [0.15, 0.2) is 24.3 Å². The van der Waals surface area contributed by atoms with Gasteiger partial charge >= 0.3 is 5.97 Å². The number of fused-ring (bicyclic) bond motifs is 1. The number of carbonyl (C=O) groups is 1. The lowest BCUT2D eigenvalue weighted by Gasteiger charge is -2.12. The van der Waals surface area contributed by atoms with Crippen molar-refractivity contribution in [3.8, 4) is 11.5 Å². The largest absolute Gasteiger partial charge is 0.493 e. The van der Waals surface area contributed by atoms with Crippen LogP contribution in [0.5, 0.6) is 11.5 Å². The van der Waals surface area contributed by atoms with Gasteiger partial charge in [-0.25, -0.2) is 4.79 Å². The molecule has 0 spiro atoms. The normalized spacial score (nSPS) is 10.4. The van der Waals surface area contributed by atoms with Crippen molar-refractivity contribution < 1.29 is 19.0 Å². The van der Waals surface area contributed by atoms with Crippen molar-refractivity contribution in [1.29, 1.82) is 0 Å². The van der Waals surface area contributed by atoms with E-state index >= 15 is 0 Å². The molecule has 0 unspecified atom stereocenters. The van der Waals surface area contributed by atoms with Gasteiger partial charge in [-0.05, 0) is 54.4 Å². The minimum absolute atomic E-state index is 0.313. The van der Waals surface area contributed by atoms with E-state index in [0.29, 0.717) is 23.7 Å². The molecule has 0 saturated heterocycles. The number of ether oxygens (including phenoxy) is 3. The van der Waals surface area contributed by atoms with Gasteiger partial charge in [0.2, 0.25) is 0 Å². The van der Waals surface area contributed by atoms with E-state index in [0.717, 1.165) is 16.3 Å². The molecule has 2 rings (SSSR count). The molecule has 4 heteroatoms. The van der Waals surface area contributed by atoms with E-state index in [1.165, 1.54) is 0 Å². The molecule has 2 aromatic rings. The Labute approximate surface area is 118 Å². The summed E-state index contributed by atoms with van der Waals surface area (Å²) in [5.74, 6) is 1.000. The van der Waals surface area contributed by atoms with E-state index in [4.69, 9.17) is 14.2 Å². The van der Waals surface area contributed by atoms with E-state index in [1.54, 1.807) is 21.1 Å². The van der Waals surface area contributed by atoms with E-state index in [9.17, 15) is 4.79 Å². The summed E-state index contributed by atoms with van der Waals surface area (Å²) in [5, 5.41) is 1.95. The Morgan fingerprint density at radius 3 is 2.30 bits per heavy atom. The highest BCUT2D eigenvalue weighted by molar-refractivity contribution is 5.98. The maximum Gasteiger partial charge on any atom is 0.338 e. The summed E-state index contributed by atoms with van der Waals surface area (Å²) in [7, 11) is 3.19. The number of benzene rings is 2. The first-order valence-electron chi connectivity index (χ1n) is 6.44. The van der Waals surface area contributed by atoms with E-state index < -0.39 is 0 Å². The van der Waals surface area contributed by atoms with E-state index in [1.807, 2.05) is 31.2 Å². The Bertz CT molecular complexity index is 646. The van der Waals surface area contributed by atoms with Crippen LogP contribution in [0.4, 0.5) is 0 Å². The first-order valence-corrected chi connectivity index (χ1v) is 6.44. The lowest BCUT2D eigenvalue weighted by Crippen LogP contribution is -2.05. The third kappa shape index (κ3) is 2.54. The number of methoxy groups -OCH3 is 2. The van der Waals surface area contributed by atoms with E-state index in [2.05, 4.69) is 0 Å². The minimum Gasteiger partial charge on any atom is -0.493 e. The van der Waals surface area contributed by atoms with Crippen molar-refractivity contribution in [2.45, 2.75) is 13.8 Å². The van der Waals surface area contributed by atoms with Gasteiger partial charge in [0, 0.05) is 0 Å². The summed E-state index contributed by atoms with van der Waals surface area (Å²) in [4.78, 5) is 11.8. The van der Waals surface area contributed by atoms with Gasteiger partial charge in [-0.1, -0.05) is 0 Å². The molecular weight excluding hydrogens is 256 g/mol. The molecule has 0 N–H and O–H groups in total. The molecule has 0 aliphatic heterocycles. The van der Waals surface area contributed by atoms with Gasteiger partial charge in [0.1, 0.15) is 0 Å². The molecule has 2 aromatic carbocycles. The summed E-state index contributed by atoms with van der Waals surface area (Å²) in [6, 6.07) is 7.41. The van der Waals surface area contributed by atoms with Gasteiger partial charge < -0.3 is 14.2 Å². The lowest BCUT2D eigenvalue weighted by molar-refractivity contribution is 0.0526. The Hall–Kier alpha value is -2.23. The molecule has 0 fully saturated rings. The van der Waals surface area contributed by atoms with Gasteiger partial charge in [0.25, 0.3) is 0 Å². The molecule has 106 valence electrons. The molecule has 0 heterocycles. The van der Waals surface area contributed by atoms with Crippen molar-refractivity contribution >= 4 is 16.7 Å². The molecule has 0 amide bonds. The molecule has 0 aliphatic carbocycles. The number of rotatable bonds is 4. The summed E-state index contributed by atoms with van der Waals surface area (Å²) in [6.45, 7) is 4.11. The maximum absolute atomic E-state index is 11.8. The van der Waals surface area contributed by atoms with Crippen molar-refractivity contribution in [1.82, 2.24) is 0 Å². The summed E-state index contributed by atoms with van der Waals surface area (Å²) in [6.07, 6.45) is 0. The van der Waals surface area contributed by atoms with Crippen LogP contribution >= 0.6 is 0 Å². The summed E-state index contributed by atoms with van der Waals surface area (Å²) >= 11 is 0. The Kier molecular flexibility index (Phi) is 4.13. The predicted octanol–water partition coefficient (Wildman–Crippen LogP) is 3.34. The minimum atomic E-state index is -0.313. The maximum atomic E-state index is 11.8. The van der Waals surface area contributed by atoms with Crippen molar-refractivity contribution in [2.24, 2.45) is 0 Å². The SMILES string of the molecule is CCOC(=O)c1cc(C)c2cc(OC)c(OC)cc2c1. The second-order valence-corrected chi connectivity index (χ2v) is 4.44. The van der Waals surface area contributed by atoms with Crippen LogP contribution in [0.3, 0.4) is 0 Å². The van der Waals surface area contributed by atoms with E-state index in [-0.39, 0.29) is 5.97 Å². The molecule has 0 aromatic heterocycles. The molecule has 0 aliphatic rings. The van der Waals surface area contributed by atoms with Gasteiger partial charge in [-0.3, -0.25) is 0 Å². The Morgan fingerprint density at radius 2 is 1.70 bits per heavy atom. The van der Waals surface area contributed by atoms with Gasteiger partial charge in [-0.15, -0.1) is 0 Å². The van der Waals surface area contributed by atoms with Gasteiger partial charge in [-0.2, -0.15) is 0 Å². The third-order valence-electron chi connectivity index (χ3n) is 3.17. The van der Waals surface area contributed by atoms with Crippen LogP contribution in [-0.4, -0.2) is 26.8 Å². The Morgan fingerprint density at radius 1 is 1.05 bits per heavy atom. The van der Waals surface area contributed by atoms with Crippen molar-refractivity contribution in [3.63, 3.8) is 0 Å². The lowest BCUT2D eigenvalue weighted by atomic mass is 10.0. The summed E-state index contributed by atoms with van der Waals surface area (Å²) in [5.41, 5.74) is 1.54. The zero-order valence-corrected chi connectivity index (χ0v) is 12.1. The first-order chi connectivity index (χ1) is 9.60. The van der Waals surface area contributed by atoms with Crippen molar-refractivity contribution in [2.75, 3.05) is 20.8 Å². The smallest absolute Gasteiger partial charge is 0.338 e. The molecule has 0 saturated carbocycles. The molecule has 0 bridgehead atoms. The van der Waals surface area contributed by atoms with Crippen LogP contribution in [0, 0.1) is 6.92 Å². The standard InChI is InChI=1S/C16H18O4/c1-5-20-16(17)12-6-10(2)13-9-15(19-4)14(18-3)8-11(13)7-12/h6-9H,5H2,1-4H3. The van der Waals surface area contributed by atoms with Gasteiger partial charge in [0.05, 0.1) is 26.4 Å². The average Bonchev–Trinajstić information content (AvgIpc) is 2.46. The van der Waals surface area contributed by atoms with Crippen LogP contribution in [0.2, 0.25) is 0 Å². The zero-order chi connectivity index (χ0) is 14.7. The van der Waals surface area contributed by atoms with Crippen LogP contribution in [-0.2, 0) is 4.74 Å². The molecule has 0 atom stereocenters. The molecule has 4 nitrogen and oxygen atoms in total. The quantitative estimate of drug-likeness (QED) is 0.802. The van der Waals surface area contributed by atoms with Crippen molar-refractivity contribution in [3.05, 3.63) is 35.4 Å². The number of hydrogen-bond donors (Lipinski definition) is 0. The first kappa shape index (κ1) is 14.2. The highest BCUT2D eigenvalue weighted by Crippen LogP contribution is 2.34. The fourth-order valence-corrected chi connectivity index (χ4v) is 2.21. The third-order valence-corrected chi connectivity index (χ3v) is 3.17. The fourth-order valence-electron chi connectivity index (χ4n) is 2.21. The summed E-state index contributed by atoms with van der Waals surface area (Å²) < 4.78 is 15.6. The van der Waals surface area contributed by atoms with Gasteiger partial charge in [0.15, 0.2) is 11.5 Å². The second kappa shape index (κ2) is 5.82. The highest BCUT2D eigenvalue weighted by atomic mass is 16.5. The molecule has 20 heavy (non-hydrogen) atoms. The number of carbonyl (C=O) groups excluding carboxylic acids is 1. The second-order valence-electron chi connectivity index (χ2n) is 4.44. The monoisotopic (exact) mass is 274 g/mol. The van der Waals surface area contributed by atoms with Crippen LogP contribution in [0.1, 0.15) is 22.8 Å².